The van der Waals surface area contributed by atoms with Gasteiger partial charge in [0.1, 0.15) is 11.8 Å². The number of phenols is 1. The van der Waals surface area contributed by atoms with Gasteiger partial charge in [0.25, 0.3) is 0 Å². The van der Waals surface area contributed by atoms with Crippen LogP contribution in [0.15, 0.2) is 6.07 Å². The molecule has 2 bridgehead atoms. The van der Waals surface area contributed by atoms with E-state index in [2.05, 4.69) is 0 Å². The average Bonchev–Trinajstić information content (AvgIpc) is 2.87. The van der Waals surface area contributed by atoms with Crippen LogP contribution in [-0.4, -0.2) is 85.9 Å². The van der Waals surface area contributed by atoms with Crippen LogP contribution >= 0.6 is 0 Å². The SMILES string of the molecule is COc1c(C)cc2c(c1O)[C@@H]1[C@H]3C(=O)c4c(OC)c(C)c(OC)c(OC)c4[C@H](CO)N3C(=O)[C@H](C2)N1C. The zero-order chi connectivity index (χ0) is 26.9. The summed E-state index contributed by atoms with van der Waals surface area (Å²) in [6.07, 6.45) is 0.347. The molecular weight excluding hydrogens is 480 g/mol. The molecule has 0 unspecified atom stereocenters. The second-order valence-electron chi connectivity index (χ2n) is 9.74. The third-order valence-corrected chi connectivity index (χ3v) is 8.14. The summed E-state index contributed by atoms with van der Waals surface area (Å²) >= 11 is 0. The summed E-state index contributed by atoms with van der Waals surface area (Å²) in [7, 11) is 7.67. The van der Waals surface area contributed by atoms with E-state index in [0.29, 0.717) is 40.4 Å². The van der Waals surface area contributed by atoms with Crippen molar-refractivity contribution in [1.29, 1.82) is 0 Å². The van der Waals surface area contributed by atoms with E-state index < -0.39 is 30.8 Å². The first kappa shape index (κ1) is 25.2. The molecule has 0 saturated carbocycles. The number of piperazine rings is 1. The highest BCUT2D eigenvalue weighted by atomic mass is 16.5. The third-order valence-electron chi connectivity index (χ3n) is 8.14. The van der Waals surface area contributed by atoms with Gasteiger partial charge in [-0.1, -0.05) is 6.07 Å². The molecule has 4 atom stereocenters. The van der Waals surface area contributed by atoms with Crippen LogP contribution in [0.3, 0.4) is 0 Å². The molecule has 2 N–H and O–H groups in total. The van der Waals surface area contributed by atoms with E-state index in [-0.39, 0.29) is 28.8 Å². The van der Waals surface area contributed by atoms with Gasteiger partial charge in [0, 0.05) is 16.7 Å². The van der Waals surface area contributed by atoms with E-state index >= 15 is 0 Å². The van der Waals surface area contributed by atoms with Crippen molar-refractivity contribution in [2.75, 3.05) is 42.1 Å². The van der Waals surface area contributed by atoms with E-state index in [9.17, 15) is 19.8 Å². The van der Waals surface area contributed by atoms with Gasteiger partial charge in [-0.15, -0.1) is 0 Å². The number of fused-ring (bicyclic) bond motifs is 7. The molecule has 3 aliphatic rings. The minimum Gasteiger partial charge on any atom is -0.504 e. The second kappa shape index (κ2) is 8.81. The lowest BCUT2D eigenvalue weighted by atomic mass is 9.73. The molecule has 0 spiro atoms. The first-order valence-electron chi connectivity index (χ1n) is 12.1. The van der Waals surface area contributed by atoms with Crippen LogP contribution in [-0.2, 0) is 11.2 Å². The van der Waals surface area contributed by atoms with Crippen LogP contribution in [0, 0.1) is 13.8 Å². The van der Waals surface area contributed by atoms with E-state index in [0.717, 1.165) is 11.1 Å². The first-order chi connectivity index (χ1) is 17.7. The molecule has 3 aliphatic heterocycles. The number of carbonyl (C=O) groups is 2. The summed E-state index contributed by atoms with van der Waals surface area (Å²) < 4.78 is 22.5. The van der Waals surface area contributed by atoms with E-state index in [1.165, 1.54) is 33.3 Å². The molecule has 2 aromatic carbocycles. The first-order valence-corrected chi connectivity index (χ1v) is 12.1. The van der Waals surface area contributed by atoms with Gasteiger partial charge in [-0.05, 0) is 38.4 Å². The molecule has 1 saturated heterocycles. The Bertz CT molecular complexity index is 1320. The van der Waals surface area contributed by atoms with Crippen molar-refractivity contribution in [2.24, 2.45) is 0 Å². The molecule has 5 rings (SSSR count). The zero-order valence-electron chi connectivity index (χ0n) is 22.0. The second-order valence-corrected chi connectivity index (χ2v) is 9.74. The molecule has 1 fully saturated rings. The van der Waals surface area contributed by atoms with Crippen molar-refractivity contribution in [3.63, 3.8) is 0 Å². The quantitative estimate of drug-likeness (QED) is 0.621. The molecular formula is C27H32N2O8. The fourth-order valence-corrected chi connectivity index (χ4v) is 6.64. The monoisotopic (exact) mass is 512 g/mol. The fourth-order valence-electron chi connectivity index (χ4n) is 6.64. The maximum Gasteiger partial charge on any atom is 0.241 e. The number of rotatable bonds is 5. The van der Waals surface area contributed by atoms with Gasteiger partial charge in [0.15, 0.2) is 28.8 Å². The standard InChI is InChI=1S/C27H32N2O8/c1-11-8-13-9-14-27(33)29-15(10-30)17-18(24(35-5)12(2)25(36-6)26(17)37-7)21(31)20(29)19(28(14)3)16(13)22(32)23(11)34-4/h8,14-15,19-20,30,32H,9-10H2,1-7H3/t14-,15-,19+,20-/m0/s1. The maximum absolute atomic E-state index is 14.5. The van der Waals surface area contributed by atoms with E-state index in [4.69, 9.17) is 18.9 Å². The average molecular weight is 513 g/mol. The number of phenolic OH excluding ortho intramolecular Hbond substituents is 1. The summed E-state index contributed by atoms with van der Waals surface area (Å²) in [6, 6.07) is -1.26. The highest BCUT2D eigenvalue weighted by Gasteiger charge is 2.59. The van der Waals surface area contributed by atoms with Gasteiger partial charge in [-0.2, -0.15) is 0 Å². The Morgan fingerprint density at radius 1 is 0.919 bits per heavy atom. The van der Waals surface area contributed by atoms with Crippen molar-refractivity contribution in [2.45, 2.75) is 44.4 Å². The van der Waals surface area contributed by atoms with Crippen LogP contribution in [0.4, 0.5) is 0 Å². The Morgan fingerprint density at radius 2 is 1.54 bits per heavy atom. The lowest BCUT2D eigenvalue weighted by Gasteiger charge is -2.56. The lowest BCUT2D eigenvalue weighted by molar-refractivity contribution is -0.155. The van der Waals surface area contributed by atoms with Gasteiger partial charge < -0.3 is 34.1 Å². The molecule has 0 aromatic heterocycles. The van der Waals surface area contributed by atoms with Crippen LogP contribution in [0.5, 0.6) is 28.7 Å². The summed E-state index contributed by atoms with van der Waals surface area (Å²) in [5.41, 5.74) is 3.25. The Morgan fingerprint density at radius 3 is 2.11 bits per heavy atom. The number of aliphatic hydroxyl groups is 1. The number of ketones is 1. The van der Waals surface area contributed by atoms with Crippen LogP contribution in [0.25, 0.3) is 0 Å². The van der Waals surface area contributed by atoms with Gasteiger partial charge in [0.2, 0.25) is 5.91 Å². The number of aliphatic hydroxyl groups excluding tert-OH is 1. The number of amides is 1. The van der Waals surface area contributed by atoms with Crippen LogP contribution < -0.4 is 18.9 Å². The van der Waals surface area contributed by atoms with Gasteiger partial charge in [0.05, 0.1) is 58.7 Å². The Labute approximate surface area is 215 Å². The van der Waals surface area contributed by atoms with Crippen molar-refractivity contribution in [1.82, 2.24) is 9.80 Å². The number of hydrogen-bond acceptors (Lipinski definition) is 9. The molecule has 10 nitrogen and oxygen atoms in total. The highest BCUT2D eigenvalue weighted by Crippen LogP contribution is 2.56. The fraction of sp³-hybridized carbons (Fsp3) is 0.481. The van der Waals surface area contributed by atoms with Gasteiger partial charge in [-0.3, -0.25) is 14.5 Å². The van der Waals surface area contributed by atoms with Crippen molar-refractivity contribution >= 4 is 11.7 Å². The van der Waals surface area contributed by atoms with Crippen LogP contribution in [0.2, 0.25) is 0 Å². The zero-order valence-corrected chi connectivity index (χ0v) is 22.0. The molecule has 37 heavy (non-hydrogen) atoms. The molecule has 198 valence electrons. The Hall–Kier alpha value is -3.50. The van der Waals surface area contributed by atoms with Crippen molar-refractivity contribution in [3.05, 3.63) is 39.4 Å². The largest absolute Gasteiger partial charge is 0.504 e. The number of ether oxygens (including phenoxy) is 4. The number of nitrogens with zero attached hydrogens (tertiary/aromatic N) is 2. The minimum atomic E-state index is -1.03. The third kappa shape index (κ3) is 3.12. The van der Waals surface area contributed by atoms with Crippen LogP contribution in [0.1, 0.15) is 50.3 Å². The normalized spacial score (nSPS) is 24.3. The van der Waals surface area contributed by atoms with Gasteiger partial charge in [-0.25, -0.2) is 0 Å². The number of likely N-dealkylation sites (N-methyl/N-ethyl adjacent to an activating group) is 1. The van der Waals surface area contributed by atoms with E-state index in [1.54, 1.807) is 14.0 Å². The Balaban J connectivity index is 1.84. The minimum absolute atomic E-state index is 0.0447. The molecule has 2 aromatic rings. The van der Waals surface area contributed by atoms with E-state index in [1.807, 2.05) is 17.9 Å². The predicted octanol–water partition coefficient (Wildman–Crippen LogP) is 2.08. The number of Topliss-reactive ketones (excluding diaryl/α,β-unsaturated/α-hetero) is 1. The number of methoxy groups -OCH3 is 4. The molecule has 3 heterocycles. The van der Waals surface area contributed by atoms with Crippen molar-refractivity contribution < 1.29 is 38.7 Å². The summed E-state index contributed by atoms with van der Waals surface area (Å²) in [4.78, 5) is 31.8. The summed E-state index contributed by atoms with van der Waals surface area (Å²) in [6.45, 7) is 3.14. The smallest absolute Gasteiger partial charge is 0.241 e. The number of benzene rings is 2. The Kier molecular flexibility index (Phi) is 5.99. The molecule has 0 aliphatic carbocycles. The summed E-state index contributed by atoms with van der Waals surface area (Å²) in [5.74, 6) is 0.589. The number of aryl methyl sites for hydroxylation is 1. The molecule has 0 radical (unpaired) electrons. The number of aromatic hydroxyl groups is 1. The topological polar surface area (TPSA) is 118 Å². The molecule has 1 amide bonds. The summed E-state index contributed by atoms with van der Waals surface area (Å²) in [5, 5.41) is 22.0. The maximum atomic E-state index is 14.5. The van der Waals surface area contributed by atoms with Crippen molar-refractivity contribution in [3.8, 4) is 28.7 Å². The van der Waals surface area contributed by atoms with Gasteiger partial charge >= 0.3 is 0 Å². The number of hydrogen-bond donors (Lipinski definition) is 2. The number of carbonyl (C=O) groups excluding carboxylic acids is 2. The lowest BCUT2D eigenvalue weighted by Crippen LogP contribution is -2.68. The predicted molar refractivity (Wildman–Crippen MR) is 133 cm³/mol. The highest BCUT2D eigenvalue weighted by molar-refractivity contribution is 6.10. The molecule has 10 heteroatoms.